The van der Waals surface area contributed by atoms with Crippen molar-refractivity contribution in [2.24, 2.45) is 11.3 Å². The van der Waals surface area contributed by atoms with E-state index in [2.05, 4.69) is 15.9 Å². The van der Waals surface area contributed by atoms with Crippen LogP contribution in [0, 0.1) is 22.7 Å². The van der Waals surface area contributed by atoms with Gasteiger partial charge in [0.2, 0.25) is 5.91 Å². The van der Waals surface area contributed by atoms with Crippen LogP contribution >= 0.6 is 0 Å². The van der Waals surface area contributed by atoms with Crippen molar-refractivity contribution in [2.75, 3.05) is 24.5 Å². The van der Waals surface area contributed by atoms with E-state index in [1.807, 2.05) is 0 Å². The van der Waals surface area contributed by atoms with E-state index >= 15 is 0 Å². The van der Waals surface area contributed by atoms with E-state index in [0.717, 1.165) is 75.9 Å². The maximum Gasteiger partial charge on any atom is 0.416 e. The number of alkyl halides is 3. The van der Waals surface area contributed by atoms with Gasteiger partial charge >= 0.3 is 6.18 Å². The van der Waals surface area contributed by atoms with Crippen LogP contribution in [0.4, 0.5) is 18.9 Å². The maximum absolute atomic E-state index is 13.4. The summed E-state index contributed by atoms with van der Waals surface area (Å²) in [6.07, 6.45) is 2.76. The standard InChI is InChI=1S/C23H28F3N3O/c24-23(25,26)18-4-8-19(9-5-18)28-14-1-11-22(16-28)12-15-29(21(22)30)20-6-2-17(3-7-20)10-13-27/h4-5,8-9,17,20H,1-3,6-7,10-12,14-16H2/t17?,20?,22-/m1/s1. The maximum atomic E-state index is 13.4. The lowest BCUT2D eigenvalue weighted by Gasteiger charge is -2.41. The molecule has 3 aliphatic rings. The molecule has 0 N–H and O–H groups in total. The fraction of sp³-hybridized carbons (Fsp3) is 0.652. The number of anilines is 1. The van der Waals surface area contributed by atoms with Crippen molar-refractivity contribution in [3.63, 3.8) is 0 Å². The molecular weight excluding hydrogens is 391 g/mol. The number of nitriles is 1. The van der Waals surface area contributed by atoms with Gasteiger partial charge in [-0.2, -0.15) is 18.4 Å². The first-order valence-electron chi connectivity index (χ1n) is 10.9. The number of likely N-dealkylation sites (tertiary alicyclic amines) is 1. The largest absolute Gasteiger partial charge is 0.416 e. The number of benzene rings is 1. The number of hydrogen-bond acceptors (Lipinski definition) is 3. The molecule has 3 fully saturated rings. The molecular formula is C23H28F3N3O. The molecule has 0 unspecified atom stereocenters. The van der Waals surface area contributed by atoms with Crippen molar-refractivity contribution in [2.45, 2.75) is 63.6 Å². The van der Waals surface area contributed by atoms with Gasteiger partial charge in [-0.3, -0.25) is 4.79 Å². The van der Waals surface area contributed by atoms with Gasteiger partial charge in [-0.15, -0.1) is 0 Å². The van der Waals surface area contributed by atoms with Crippen molar-refractivity contribution in [1.82, 2.24) is 4.90 Å². The van der Waals surface area contributed by atoms with Gasteiger partial charge in [0, 0.05) is 37.8 Å². The number of rotatable bonds is 3. The molecule has 2 heterocycles. The molecule has 4 rings (SSSR count). The van der Waals surface area contributed by atoms with Crippen LogP contribution in [0.2, 0.25) is 0 Å². The van der Waals surface area contributed by atoms with E-state index in [0.29, 0.717) is 18.9 Å². The van der Waals surface area contributed by atoms with Gasteiger partial charge in [0.15, 0.2) is 0 Å². The Balaban J connectivity index is 1.42. The molecule has 162 valence electrons. The molecule has 4 nitrogen and oxygen atoms in total. The monoisotopic (exact) mass is 419 g/mol. The molecule has 1 aliphatic carbocycles. The second-order valence-corrected chi connectivity index (χ2v) is 9.14. The van der Waals surface area contributed by atoms with Gasteiger partial charge < -0.3 is 9.80 Å². The molecule has 1 aromatic rings. The van der Waals surface area contributed by atoms with Crippen LogP contribution in [-0.4, -0.2) is 36.5 Å². The minimum Gasteiger partial charge on any atom is -0.370 e. The molecule has 1 atom stereocenters. The molecule has 0 radical (unpaired) electrons. The number of hydrogen-bond donors (Lipinski definition) is 0. The van der Waals surface area contributed by atoms with E-state index in [9.17, 15) is 18.0 Å². The predicted octanol–water partition coefficient (Wildman–Crippen LogP) is 5.00. The molecule has 1 saturated carbocycles. The lowest BCUT2D eigenvalue weighted by molar-refractivity contribution is -0.139. The Kier molecular flexibility index (Phi) is 5.69. The summed E-state index contributed by atoms with van der Waals surface area (Å²) >= 11 is 0. The number of halogens is 3. The topological polar surface area (TPSA) is 47.3 Å². The van der Waals surface area contributed by atoms with Crippen LogP contribution in [0.25, 0.3) is 0 Å². The summed E-state index contributed by atoms with van der Waals surface area (Å²) in [4.78, 5) is 17.6. The third-order valence-electron chi connectivity index (χ3n) is 7.32. The van der Waals surface area contributed by atoms with Crippen LogP contribution < -0.4 is 4.90 Å². The second-order valence-electron chi connectivity index (χ2n) is 9.14. The first-order chi connectivity index (χ1) is 14.3. The number of amides is 1. The van der Waals surface area contributed by atoms with Gasteiger partial charge in [0.05, 0.1) is 17.0 Å². The molecule has 1 spiro atoms. The number of carbonyl (C=O) groups excluding carboxylic acids is 1. The third kappa shape index (κ3) is 4.01. The molecule has 2 saturated heterocycles. The fourth-order valence-corrected chi connectivity index (χ4v) is 5.58. The molecule has 1 aromatic carbocycles. The van der Waals surface area contributed by atoms with E-state index in [1.165, 1.54) is 12.1 Å². The number of carbonyl (C=O) groups is 1. The summed E-state index contributed by atoms with van der Waals surface area (Å²) in [6, 6.07) is 7.83. The van der Waals surface area contributed by atoms with Crippen molar-refractivity contribution < 1.29 is 18.0 Å². The molecule has 0 aromatic heterocycles. The highest BCUT2D eigenvalue weighted by molar-refractivity contribution is 5.86. The average Bonchev–Trinajstić information content (AvgIpc) is 3.04. The van der Waals surface area contributed by atoms with Crippen LogP contribution in [0.3, 0.4) is 0 Å². The van der Waals surface area contributed by atoms with E-state index in [1.54, 1.807) is 0 Å². The lowest BCUT2D eigenvalue weighted by atomic mass is 9.78. The van der Waals surface area contributed by atoms with Gasteiger partial charge in [-0.05, 0) is 75.1 Å². The second kappa shape index (κ2) is 8.13. The molecule has 2 aliphatic heterocycles. The summed E-state index contributed by atoms with van der Waals surface area (Å²) in [5.74, 6) is 0.686. The summed E-state index contributed by atoms with van der Waals surface area (Å²) in [7, 11) is 0. The van der Waals surface area contributed by atoms with Crippen molar-refractivity contribution in [3.8, 4) is 6.07 Å². The Morgan fingerprint density at radius 3 is 2.40 bits per heavy atom. The SMILES string of the molecule is N#CCC1CCC(N2CC[C@@]3(CCCN(c4ccc(C(F)(F)F)cc4)C3)C2=O)CC1. The Labute approximate surface area is 175 Å². The Morgan fingerprint density at radius 1 is 1.07 bits per heavy atom. The van der Waals surface area contributed by atoms with Crippen molar-refractivity contribution in [1.29, 1.82) is 5.26 Å². The van der Waals surface area contributed by atoms with Crippen molar-refractivity contribution in [3.05, 3.63) is 29.8 Å². The Bertz CT molecular complexity index is 808. The zero-order valence-electron chi connectivity index (χ0n) is 17.1. The molecule has 30 heavy (non-hydrogen) atoms. The first kappa shape index (κ1) is 21.0. The summed E-state index contributed by atoms with van der Waals surface area (Å²) in [5, 5.41) is 8.90. The van der Waals surface area contributed by atoms with Gasteiger partial charge in [0.25, 0.3) is 0 Å². The van der Waals surface area contributed by atoms with Gasteiger partial charge in [0.1, 0.15) is 0 Å². The van der Waals surface area contributed by atoms with Crippen LogP contribution in [0.1, 0.15) is 56.9 Å². The zero-order valence-corrected chi connectivity index (χ0v) is 17.1. The average molecular weight is 419 g/mol. The lowest BCUT2D eigenvalue weighted by Crippen LogP contribution is -2.50. The predicted molar refractivity (Wildman–Crippen MR) is 108 cm³/mol. The minimum absolute atomic E-state index is 0.225. The Morgan fingerprint density at radius 2 is 1.77 bits per heavy atom. The summed E-state index contributed by atoms with van der Waals surface area (Å²) < 4.78 is 38.6. The highest BCUT2D eigenvalue weighted by Crippen LogP contribution is 2.44. The molecule has 1 amide bonds. The highest BCUT2D eigenvalue weighted by Gasteiger charge is 2.50. The van der Waals surface area contributed by atoms with Gasteiger partial charge in [-0.1, -0.05) is 0 Å². The van der Waals surface area contributed by atoms with Crippen LogP contribution in [0.5, 0.6) is 0 Å². The summed E-state index contributed by atoms with van der Waals surface area (Å²) in [6.45, 7) is 2.12. The molecule has 0 bridgehead atoms. The number of nitrogens with zero attached hydrogens (tertiary/aromatic N) is 3. The van der Waals surface area contributed by atoms with Crippen molar-refractivity contribution >= 4 is 11.6 Å². The minimum atomic E-state index is -4.34. The quantitative estimate of drug-likeness (QED) is 0.693. The smallest absolute Gasteiger partial charge is 0.370 e. The summed E-state index contributed by atoms with van der Waals surface area (Å²) in [5.41, 5.74) is -0.303. The van der Waals surface area contributed by atoms with E-state index in [4.69, 9.17) is 5.26 Å². The van der Waals surface area contributed by atoms with E-state index < -0.39 is 17.2 Å². The highest BCUT2D eigenvalue weighted by atomic mass is 19.4. The van der Waals surface area contributed by atoms with E-state index in [-0.39, 0.29) is 11.9 Å². The number of piperidine rings is 1. The fourth-order valence-electron chi connectivity index (χ4n) is 5.58. The van der Waals surface area contributed by atoms with Crippen LogP contribution in [0.15, 0.2) is 24.3 Å². The van der Waals surface area contributed by atoms with Crippen LogP contribution in [-0.2, 0) is 11.0 Å². The first-order valence-corrected chi connectivity index (χ1v) is 10.9. The zero-order chi connectivity index (χ0) is 21.4. The normalized spacial score (nSPS) is 30.0. The Hall–Kier alpha value is -2.23. The third-order valence-corrected chi connectivity index (χ3v) is 7.32. The van der Waals surface area contributed by atoms with Gasteiger partial charge in [-0.25, -0.2) is 0 Å². The molecule has 7 heteroatoms.